The fourth-order valence-corrected chi connectivity index (χ4v) is 5.54. The van der Waals surface area contributed by atoms with Crippen LogP contribution in [0.3, 0.4) is 0 Å². The number of rotatable bonds is 3. The molecule has 8 heteroatoms. The fourth-order valence-electron chi connectivity index (χ4n) is 5.54. The average Bonchev–Trinajstić information content (AvgIpc) is 3.11. The third-order valence-corrected chi connectivity index (χ3v) is 7.08. The van der Waals surface area contributed by atoms with E-state index >= 15 is 0 Å². The molecule has 0 N–H and O–H groups in total. The number of nitrogens with zero attached hydrogens (tertiary/aromatic N) is 4. The number of hydrogen-bond donors (Lipinski definition) is 0. The van der Waals surface area contributed by atoms with E-state index in [-0.39, 0.29) is 17.8 Å². The highest BCUT2D eigenvalue weighted by Gasteiger charge is 2.56. The van der Waals surface area contributed by atoms with Crippen LogP contribution in [0.15, 0.2) is 30.3 Å². The van der Waals surface area contributed by atoms with Gasteiger partial charge in [0.1, 0.15) is 11.1 Å². The van der Waals surface area contributed by atoms with Crippen molar-refractivity contribution in [3.8, 4) is 6.07 Å². The molecular formula is C24H22N4O4. The second kappa shape index (κ2) is 7.52. The number of carbonyl (C=O) groups excluding carboxylic acids is 2. The van der Waals surface area contributed by atoms with Crippen LogP contribution in [0.25, 0.3) is 0 Å². The lowest BCUT2D eigenvalue weighted by Gasteiger charge is -2.36. The van der Waals surface area contributed by atoms with E-state index in [9.17, 15) is 25.0 Å². The molecule has 0 unspecified atom stereocenters. The van der Waals surface area contributed by atoms with E-state index in [0.29, 0.717) is 12.1 Å². The van der Waals surface area contributed by atoms with Gasteiger partial charge in [-0.2, -0.15) is 5.26 Å². The number of aryl methyl sites for hydroxylation is 3. The Morgan fingerprint density at radius 3 is 2.66 bits per heavy atom. The zero-order chi connectivity index (χ0) is 22.5. The summed E-state index contributed by atoms with van der Waals surface area (Å²) in [6.45, 7) is 0. The van der Waals surface area contributed by atoms with Gasteiger partial charge in [-0.15, -0.1) is 0 Å². The SMILES string of the molecule is N#C[C@]1([C@@H]2CC(=O)N(c3ccccc3[N+](=O)[O-])C2=O)CCCc2cc3c(nc21)CCCC3. The Morgan fingerprint density at radius 1 is 1.12 bits per heavy atom. The van der Waals surface area contributed by atoms with Gasteiger partial charge in [0, 0.05) is 18.2 Å². The summed E-state index contributed by atoms with van der Waals surface area (Å²) in [5.41, 5.74) is 2.27. The molecule has 32 heavy (non-hydrogen) atoms. The van der Waals surface area contributed by atoms with E-state index in [0.717, 1.165) is 54.7 Å². The number of nitro benzene ring substituents is 1. The van der Waals surface area contributed by atoms with E-state index in [1.165, 1.54) is 23.8 Å². The molecule has 0 saturated carbocycles. The van der Waals surface area contributed by atoms with Gasteiger partial charge in [-0.3, -0.25) is 24.7 Å². The lowest BCUT2D eigenvalue weighted by Crippen LogP contribution is -2.43. The van der Waals surface area contributed by atoms with Crippen molar-refractivity contribution in [3.05, 3.63) is 63.0 Å². The van der Waals surface area contributed by atoms with Crippen molar-refractivity contribution >= 4 is 23.2 Å². The number of hydrogen-bond acceptors (Lipinski definition) is 6. The van der Waals surface area contributed by atoms with Gasteiger partial charge < -0.3 is 0 Å². The van der Waals surface area contributed by atoms with Crippen molar-refractivity contribution in [2.75, 3.05) is 4.90 Å². The van der Waals surface area contributed by atoms with Crippen molar-refractivity contribution in [3.63, 3.8) is 0 Å². The van der Waals surface area contributed by atoms with Gasteiger partial charge in [-0.05, 0) is 62.1 Å². The molecule has 1 saturated heterocycles. The summed E-state index contributed by atoms with van der Waals surface area (Å²) >= 11 is 0. The summed E-state index contributed by atoms with van der Waals surface area (Å²) in [5, 5.41) is 21.9. The van der Waals surface area contributed by atoms with Crippen LogP contribution >= 0.6 is 0 Å². The van der Waals surface area contributed by atoms with E-state index in [2.05, 4.69) is 12.1 Å². The van der Waals surface area contributed by atoms with Crippen molar-refractivity contribution in [1.29, 1.82) is 5.26 Å². The molecule has 1 aromatic carbocycles. The molecule has 8 nitrogen and oxygen atoms in total. The minimum Gasteiger partial charge on any atom is -0.274 e. The van der Waals surface area contributed by atoms with Crippen molar-refractivity contribution in [2.45, 2.75) is 56.8 Å². The van der Waals surface area contributed by atoms with Crippen LogP contribution in [0.5, 0.6) is 0 Å². The molecule has 2 aromatic rings. The second-order valence-electron chi connectivity index (χ2n) is 8.82. The highest BCUT2D eigenvalue weighted by Crippen LogP contribution is 2.48. The minimum atomic E-state index is -1.20. The first-order chi connectivity index (χ1) is 15.5. The Morgan fingerprint density at radius 2 is 1.88 bits per heavy atom. The number of para-hydroxylation sites is 2. The number of aromatic nitrogens is 1. The van der Waals surface area contributed by atoms with Crippen LogP contribution in [0.2, 0.25) is 0 Å². The van der Waals surface area contributed by atoms with Crippen molar-refractivity contribution in [2.24, 2.45) is 5.92 Å². The third kappa shape index (κ3) is 2.92. The maximum absolute atomic E-state index is 13.6. The van der Waals surface area contributed by atoms with Crippen LogP contribution in [-0.2, 0) is 34.3 Å². The van der Waals surface area contributed by atoms with E-state index < -0.39 is 28.1 Å². The molecule has 162 valence electrons. The maximum atomic E-state index is 13.6. The van der Waals surface area contributed by atoms with Gasteiger partial charge in [0.05, 0.1) is 22.6 Å². The highest BCUT2D eigenvalue weighted by molar-refractivity contribution is 6.22. The topological polar surface area (TPSA) is 117 Å². The molecule has 1 aliphatic heterocycles. The predicted molar refractivity (Wildman–Crippen MR) is 115 cm³/mol. The average molecular weight is 430 g/mol. The zero-order valence-electron chi connectivity index (χ0n) is 17.5. The molecular weight excluding hydrogens is 408 g/mol. The standard InChI is InChI=1S/C24H22N4O4/c25-14-24(11-5-7-16-12-15-6-1-2-8-18(15)26-22(16)24)17-13-21(29)27(23(17)30)19-9-3-4-10-20(19)28(31)32/h3-4,9-10,12,17H,1-2,5-8,11,13H2/t17-,24+/m1/s1. The van der Waals surface area contributed by atoms with Gasteiger partial charge in [0.15, 0.2) is 0 Å². The maximum Gasteiger partial charge on any atom is 0.293 e. The number of carbonyl (C=O) groups is 2. The smallest absolute Gasteiger partial charge is 0.274 e. The summed E-state index contributed by atoms with van der Waals surface area (Å²) in [4.78, 5) is 43.2. The van der Waals surface area contributed by atoms with E-state index in [1.54, 1.807) is 6.07 Å². The summed E-state index contributed by atoms with van der Waals surface area (Å²) in [6, 6.07) is 10.2. The van der Waals surface area contributed by atoms with Crippen LogP contribution in [0.4, 0.5) is 11.4 Å². The number of benzene rings is 1. The van der Waals surface area contributed by atoms with E-state index in [4.69, 9.17) is 4.98 Å². The van der Waals surface area contributed by atoms with Gasteiger partial charge in [0.25, 0.3) is 5.69 Å². The van der Waals surface area contributed by atoms with Crippen LogP contribution in [0.1, 0.15) is 54.6 Å². The van der Waals surface area contributed by atoms with Gasteiger partial charge in [0.2, 0.25) is 11.8 Å². The molecule has 1 aromatic heterocycles. The Balaban J connectivity index is 1.60. The molecule has 0 radical (unpaired) electrons. The predicted octanol–water partition coefficient (Wildman–Crippen LogP) is 3.55. The lowest BCUT2D eigenvalue weighted by molar-refractivity contribution is -0.384. The van der Waals surface area contributed by atoms with Gasteiger partial charge in [-0.1, -0.05) is 18.2 Å². The fraction of sp³-hybridized carbons (Fsp3) is 0.417. The summed E-state index contributed by atoms with van der Waals surface area (Å²) in [5.74, 6) is -1.99. The van der Waals surface area contributed by atoms with Crippen LogP contribution in [-0.4, -0.2) is 21.7 Å². The first-order valence-electron chi connectivity index (χ1n) is 11.0. The molecule has 3 aliphatic rings. The first-order valence-corrected chi connectivity index (χ1v) is 11.0. The number of nitriles is 1. The van der Waals surface area contributed by atoms with Gasteiger partial charge in [-0.25, -0.2) is 4.90 Å². The lowest BCUT2D eigenvalue weighted by atomic mass is 9.65. The highest BCUT2D eigenvalue weighted by atomic mass is 16.6. The molecule has 0 bridgehead atoms. The number of nitro groups is 1. The normalized spacial score (nSPS) is 24.6. The Bertz CT molecular complexity index is 1200. The number of fused-ring (bicyclic) bond motifs is 2. The molecule has 0 spiro atoms. The number of anilines is 1. The quantitative estimate of drug-likeness (QED) is 0.418. The summed E-state index contributed by atoms with van der Waals surface area (Å²) < 4.78 is 0. The molecule has 5 rings (SSSR count). The monoisotopic (exact) mass is 430 g/mol. The molecule has 1 fully saturated rings. The van der Waals surface area contributed by atoms with Crippen molar-refractivity contribution in [1.82, 2.24) is 4.98 Å². The number of pyridine rings is 1. The number of imide groups is 1. The molecule has 2 amide bonds. The number of amides is 2. The van der Waals surface area contributed by atoms with Gasteiger partial charge >= 0.3 is 0 Å². The zero-order valence-corrected chi connectivity index (χ0v) is 17.5. The van der Waals surface area contributed by atoms with Crippen LogP contribution in [0, 0.1) is 27.4 Å². The molecule has 2 heterocycles. The second-order valence-corrected chi connectivity index (χ2v) is 8.82. The Kier molecular flexibility index (Phi) is 4.77. The Labute approximate surface area is 185 Å². The van der Waals surface area contributed by atoms with Crippen molar-refractivity contribution < 1.29 is 14.5 Å². The largest absolute Gasteiger partial charge is 0.293 e. The minimum absolute atomic E-state index is 0.0440. The summed E-state index contributed by atoms with van der Waals surface area (Å²) in [7, 11) is 0. The van der Waals surface area contributed by atoms with Crippen LogP contribution < -0.4 is 4.90 Å². The molecule has 2 aliphatic carbocycles. The summed E-state index contributed by atoms with van der Waals surface area (Å²) in [6.07, 6.45) is 5.80. The third-order valence-electron chi connectivity index (χ3n) is 7.08. The molecule has 2 atom stereocenters. The van der Waals surface area contributed by atoms with E-state index in [1.807, 2.05) is 0 Å². The Hall–Kier alpha value is -3.60. The first kappa shape index (κ1) is 20.3.